The maximum absolute atomic E-state index is 13.7. The molecule has 0 atom stereocenters. The zero-order valence-electron chi connectivity index (χ0n) is 14.7. The van der Waals surface area contributed by atoms with E-state index >= 15 is 0 Å². The van der Waals surface area contributed by atoms with Crippen LogP contribution in [0.2, 0.25) is 0 Å². The second-order valence-electron chi connectivity index (χ2n) is 5.75. The van der Waals surface area contributed by atoms with Crippen LogP contribution < -0.4 is 5.32 Å². The van der Waals surface area contributed by atoms with Crippen LogP contribution in [0.25, 0.3) is 0 Å². The van der Waals surface area contributed by atoms with Crippen LogP contribution in [0.15, 0.2) is 41.3 Å². The van der Waals surface area contributed by atoms with E-state index in [1.54, 1.807) is 6.92 Å². The van der Waals surface area contributed by atoms with Gasteiger partial charge in [0.1, 0.15) is 0 Å². The molecular formula is C18H16F3N3O3S. The minimum absolute atomic E-state index is 0.00395. The normalized spacial score (nSPS) is 11.3. The Morgan fingerprint density at radius 2 is 1.75 bits per heavy atom. The molecule has 0 saturated heterocycles. The summed E-state index contributed by atoms with van der Waals surface area (Å²) in [4.78, 5) is 12.1. The highest BCUT2D eigenvalue weighted by Gasteiger charge is 2.26. The van der Waals surface area contributed by atoms with Crippen molar-refractivity contribution >= 4 is 21.6 Å². The van der Waals surface area contributed by atoms with E-state index < -0.39 is 45.6 Å². The van der Waals surface area contributed by atoms with Crippen LogP contribution in [0.3, 0.4) is 0 Å². The van der Waals surface area contributed by atoms with Crippen molar-refractivity contribution < 1.29 is 26.4 Å². The number of carbonyl (C=O) groups excluding carboxylic acids is 1. The van der Waals surface area contributed by atoms with Crippen molar-refractivity contribution in [3.8, 4) is 6.07 Å². The number of hydrogen-bond donors (Lipinski definition) is 1. The highest BCUT2D eigenvalue weighted by Crippen LogP contribution is 2.20. The van der Waals surface area contributed by atoms with Crippen LogP contribution in [0.1, 0.15) is 18.9 Å². The Hall–Kier alpha value is -2.90. The average Bonchev–Trinajstić information content (AvgIpc) is 2.68. The minimum atomic E-state index is -4.07. The van der Waals surface area contributed by atoms with E-state index in [4.69, 9.17) is 5.26 Å². The third-order valence-corrected chi connectivity index (χ3v) is 5.58. The van der Waals surface area contributed by atoms with Gasteiger partial charge in [-0.3, -0.25) is 4.79 Å². The van der Waals surface area contributed by atoms with Crippen molar-refractivity contribution in [2.75, 3.05) is 18.4 Å². The number of nitrogens with one attached hydrogen (secondary N) is 1. The van der Waals surface area contributed by atoms with Gasteiger partial charge in [-0.1, -0.05) is 6.92 Å². The molecule has 0 radical (unpaired) electrons. The van der Waals surface area contributed by atoms with Crippen molar-refractivity contribution in [2.45, 2.75) is 18.2 Å². The standard InChI is InChI=1S/C18H16F3N3O3S/c1-2-9-24(28(26,27)13-5-3-12(10-22)4-6-13)11-16(25)23-15-8-7-14(19)17(20)18(15)21/h3-8H,2,9,11H2,1H3,(H,23,25). The van der Waals surface area contributed by atoms with Gasteiger partial charge in [-0.05, 0) is 42.8 Å². The summed E-state index contributed by atoms with van der Waals surface area (Å²) in [6.07, 6.45) is 0.391. The van der Waals surface area contributed by atoms with Gasteiger partial charge >= 0.3 is 0 Å². The number of amides is 1. The number of nitriles is 1. The summed E-state index contributed by atoms with van der Waals surface area (Å²) in [5, 5.41) is 10.8. The van der Waals surface area contributed by atoms with Crippen molar-refractivity contribution in [1.29, 1.82) is 5.26 Å². The highest BCUT2D eigenvalue weighted by atomic mass is 32.2. The molecule has 2 rings (SSSR count). The maximum Gasteiger partial charge on any atom is 0.243 e. The van der Waals surface area contributed by atoms with Gasteiger partial charge in [0, 0.05) is 6.54 Å². The quantitative estimate of drug-likeness (QED) is 0.709. The molecule has 28 heavy (non-hydrogen) atoms. The molecule has 0 aromatic heterocycles. The molecule has 0 aliphatic rings. The van der Waals surface area contributed by atoms with Crippen LogP contribution in [-0.4, -0.2) is 31.7 Å². The first kappa shape index (κ1) is 21.4. The zero-order valence-corrected chi connectivity index (χ0v) is 15.6. The molecule has 0 aliphatic carbocycles. The summed E-state index contributed by atoms with van der Waals surface area (Å²) in [6, 6.07) is 8.48. The second-order valence-corrected chi connectivity index (χ2v) is 7.68. The van der Waals surface area contributed by atoms with E-state index in [1.165, 1.54) is 24.3 Å². The molecule has 6 nitrogen and oxygen atoms in total. The summed E-state index contributed by atoms with van der Waals surface area (Å²) >= 11 is 0. The molecule has 2 aromatic carbocycles. The smallest absolute Gasteiger partial charge is 0.243 e. The number of nitrogens with zero attached hydrogens (tertiary/aromatic N) is 2. The van der Waals surface area contributed by atoms with Crippen molar-refractivity contribution in [1.82, 2.24) is 4.31 Å². The van der Waals surface area contributed by atoms with Gasteiger partial charge in [0.05, 0.1) is 28.8 Å². The van der Waals surface area contributed by atoms with E-state index in [2.05, 4.69) is 0 Å². The van der Waals surface area contributed by atoms with Gasteiger partial charge in [0.2, 0.25) is 15.9 Å². The predicted octanol–water partition coefficient (Wildman–Crippen LogP) is 3.01. The number of rotatable bonds is 7. The lowest BCUT2D eigenvalue weighted by Gasteiger charge is -2.21. The third-order valence-electron chi connectivity index (χ3n) is 3.72. The fourth-order valence-corrected chi connectivity index (χ4v) is 3.84. The number of anilines is 1. The van der Waals surface area contributed by atoms with E-state index in [-0.39, 0.29) is 17.0 Å². The first-order valence-electron chi connectivity index (χ1n) is 8.14. The van der Waals surface area contributed by atoms with Gasteiger partial charge in [0.25, 0.3) is 0 Å². The fourth-order valence-electron chi connectivity index (χ4n) is 2.36. The molecule has 2 aromatic rings. The molecule has 10 heteroatoms. The molecule has 0 saturated carbocycles. The van der Waals surface area contributed by atoms with Crippen molar-refractivity contribution in [3.05, 3.63) is 59.4 Å². The topological polar surface area (TPSA) is 90.3 Å². The van der Waals surface area contributed by atoms with Crippen LogP contribution in [-0.2, 0) is 14.8 Å². The molecule has 0 aliphatic heterocycles. The summed E-state index contributed by atoms with van der Waals surface area (Å²) in [7, 11) is -4.07. The molecule has 1 amide bonds. The van der Waals surface area contributed by atoms with Crippen molar-refractivity contribution in [3.63, 3.8) is 0 Å². The molecule has 0 spiro atoms. The lowest BCUT2D eigenvalue weighted by atomic mass is 10.2. The SMILES string of the molecule is CCCN(CC(=O)Nc1ccc(F)c(F)c1F)S(=O)(=O)c1ccc(C#N)cc1. The number of hydrogen-bond acceptors (Lipinski definition) is 4. The van der Waals surface area contributed by atoms with Crippen LogP contribution >= 0.6 is 0 Å². The predicted molar refractivity (Wildman–Crippen MR) is 95.2 cm³/mol. The number of sulfonamides is 1. The lowest BCUT2D eigenvalue weighted by Crippen LogP contribution is -2.38. The monoisotopic (exact) mass is 411 g/mol. The van der Waals surface area contributed by atoms with Gasteiger partial charge < -0.3 is 5.32 Å². The number of carbonyl (C=O) groups is 1. The molecule has 148 valence electrons. The third kappa shape index (κ3) is 4.68. The number of benzene rings is 2. The van der Waals surface area contributed by atoms with E-state index in [0.717, 1.165) is 10.4 Å². The molecular weight excluding hydrogens is 395 g/mol. The Balaban J connectivity index is 2.22. The Kier molecular flexibility index (Phi) is 6.77. The summed E-state index contributed by atoms with van der Waals surface area (Å²) < 4.78 is 66.3. The van der Waals surface area contributed by atoms with Gasteiger partial charge in [-0.15, -0.1) is 0 Å². The van der Waals surface area contributed by atoms with Crippen LogP contribution in [0.4, 0.5) is 18.9 Å². The fraction of sp³-hybridized carbons (Fsp3) is 0.222. The molecule has 0 bridgehead atoms. The first-order chi connectivity index (χ1) is 13.2. The summed E-state index contributed by atoms with van der Waals surface area (Å²) in [6.45, 7) is 1.04. The molecule has 1 N–H and O–H groups in total. The van der Waals surface area contributed by atoms with Crippen molar-refractivity contribution in [2.24, 2.45) is 0 Å². The average molecular weight is 411 g/mol. The highest BCUT2D eigenvalue weighted by molar-refractivity contribution is 7.89. The maximum atomic E-state index is 13.7. The van der Waals surface area contributed by atoms with E-state index in [9.17, 15) is 26.4 Å². The Morgan fingerprint density at radius 1 is 1.11 bits per heavy atom. The summed E-state index contributed by atoms with van der Waals surface area (Å²) in [5.41, 5.74) is -0.330. The first-order valence-corrected chi connectivity index (χ1v) is 9.58. The second kappa shape index (κ2) is 8.86. The van der Waals surface area contributed by atoms with Gasteiger partial charge in [-0.25, -0.2) is 21.6 Å². The molecule has 0 unspecified atom stereocenters. The van der Waals surface area contributed by atoms with E-state index in [1.807, 2.05) is 11.4 Å². The summed E-state index contributed by atoms with van der Waals surface area (Å²) in [5.74, 6) is -5.65. The lowest BCUT2D eigenvalue weighted by molar-refractivity contribution is -0.116. The van der Waals surface area contributed by atoms with Gasteiger partial charge in [-0.2, -0.15) is 9.57 Å². The zero-order chi connectivity index (χ0) is 20.9. The van der Waals surface area contributed by atoms with E-state index in [0.29, 0.717) is 12.5 Å². The van der Waals surface area contributed by atoms with Crippen LogP contribution in [0, 0.1) is 28.8 Å². The Morgan fingerprint density at radius 3 is 2.32 bits per heavy atom. The molecule has 0 heterocycles. The van der Waals surface area contributed by atoms with Crippen LogP contribution in [0.5, 0.6) is 0 Å². The molecule has 0 fully saturated rings. The Labute approximate surface area is 160 Å². The largest absolute Gasteiger partial charge is 0.322 e. The number of halogens is 3. The Bertz CT molecular complexity index is 1020. The van der Waals surface area contributed by atoms with Gasteiger partial charge in [0.15, 0.2) is 17.5 Å². The minimum Gasteiger partial charge on any atom is -0.322 e.